The van der Waals surface area contributed by atoms with Gasteiger partial charge >= 0.3 is 6.18 Å². The number of aryl methyl sites for hydroxylation is 1. The molecule has 0 N–H and O–H groups in total. The summed E-state index contributed by atoms with van der Waals surface area (Å²) in [6.07, 6.45) is -4.32. The summed E-state index contributed by atoms with van der Waals surface area (Å²) in [6, 6.07) is 0. The van der Waals surface area contributed by atoms with Gasteiger partial charge in [0, 0.05) is 5.69 Å². The summed E-state index contributed by atoms with van der Waals surface area (Å²) in [7, 11) is 0. The van der Waals surface area contributed by atoms with E-state index in [1.54, 1.807) is 0 Å². The van der Waals surface area contributed by atoms with Crippen LogP contribution in [0.4, 0.5) is 13.2 Å². The van der Waals surface area contributed by atoms with Gasteiger partial charge in [-0.3, -0.25) is 4.68 Å². The summed E-state index contributed by atoms with van der Waals surface area (Å²) in [5.74, 6) is 0. The Labute approximate surface area is 87.1 Å². The minimum absolute atomic E-state index is 0.0370. The third kappa shape index (κ3) is 2.16. The second kappa shape index (κ2) is 3.25. The predicted octanol–water partition coefficient (Wildman–Crippen LogP) is 3.27. The lowest BCUT2D eigenvalue weighted by molar-refractivity contribution is -0.138. The van der Waals surface area contributed by atoms with E-state index in [9.17, 15) is 13.2 Å². The Morgan fingerprint density at radius 1 is 1.07 bits per heavy atom. The Morgan fingerprint density at radius 3 is 1.73 bits per heavy atom. The van der Waals surface area contributed by atoms with Gasteiger partial charge in [-0.2, -0.15) is 18.3 Å². The van der Waals surface area contributed by atoms with Gasteiger partial charge in [0.1, 0.15) is 0 Å². The zero-order valence-corrected chi connectivity index (χ0v) is 9.53. The normalized spacial score (nSPS) is 13.3. The van der Waals surface area contributed by atoms with Crippen molar-refractivity contribution in [3.05, 3.63) is 17.0 Å². The van der Waals surface area contributed by atoms with Crippen LogP contribution in [0.2, 0.25) is 0 Å². The molecule has 0 amide bonds. The second-order valence-corrected chi connectivity index (χ2v) is 4.63. The largest absolute Gasteiger partial charge is 0.419 e. The molecule has 0 aliphatic heterocycles. The Bertz CT molecular complexity index is 369. The van der Waals surface area contributed by atoms with Gasteiger partial charge in [0.05, 0.1) is 16.8 Å². The SMILES string of the molecule is Cc1nn(C(C)(C)C)c(C)c1C(F)(F)F. The number of alkyl halides is 3. The molecule has 0 saturated heterocycles. The Hall–Kier alpha value is -1.00. The summed E-state index contributed by atoms with van der Waals surface area (Å²) < 4.78 is 39.4. The standard InChI is InChI=1S/C10H15F3N2/c1-6-8(10(11,12)13)7(2)15(14-6)9(3,4)5/h1-5H3. The molecule has 2 nitrogen and oxygen atoms in total. The van der Waals surface area contributed by atoms with Crippen molar-refractivity contribution in [3.63, 3.8) is 0 Å². The van der Waals surface area contributed by atoms with Crippen molar-refractivity contribution in [2.75, 3.05) is 0 Å². The van der Waals surface area contributed by atoms with Gasteiger partial charge in [0.15, 0.2) is 0 Å². The van der Waals surface area contributed by atoms with Crippen LogP contribution in [-0.4, -0.2) is 9.78 Å². The van der Waals surface area contributed by atoms with Crippen molar-refractivity contribution in [1.29, 1.82) is 0 Å². The van der Waals surface area contributed by atoms with E-state index in [0.29, 0.717) is 0 Å². The number of rotatable bonds is 0. The van der Waals surface area contributed by atoms with Gasteiger partial charge in [-0.1, -0.05) is 0 Å². The molecule has 0 aliphatic carbocycles. The van der Waals surface area contributed by atoms with E-state index in [0.717, 1.165) is 0 Å². The van der Waals surface area contributed by atoms with E-state index >= 15 is 0 Å². The zero-order chi connectivity index (χ0) is 12.0. The van der Waals surface area contributed by atoms with E-state index in [1.165, 1.54) is 18.5 Å². The first-order valence-corrected chi connectivity index (χ1v) is 4.69. The molecule has 0 unspecified atom stereocenters. The summed E-state index contributed by atoms with van der Waals surface area (Å²) in [4.78, 5) is 0. The number of aromatic nitrogens is 2. The quantitative estimate of drug-likeness (QED) is 0.656. The minimum atomic E-state index is -4.32. The molecule has 15 heavy (non-hydrogen) atoms. The number of hydrogen-bond donors (Lipinski definition) is 0. The fraction of sp³-hybridized carbons (Fsp3) is 0.700. The summed E-state index contributed by atoms with van der Waals surface area (Å²) in [5, 5.41) is 3.94. The average Bonchev–Trinajstić information content (AvgIpc) is 2.22. The molecule has 1 aromatic heterocycles. The third-order valence-corrected chi connectivity index (χ3v) is 2.21. The molecule has 0 fully saturated rings. The Balaban J connectivity index is 3.41. The summed E-state index contributed by atoms with van der Waals surface area (Å²) >= 11 is 0. The summed E-state index contributed by atoms with van der Waals surface area (Å²) in [5.41, 5.74) is -0.835. The van der Waals surface area contributed by atoms with E-state index < -0.39 is 17.3 Å². The average molecular weight is 220 g/mol. The van der Waals surface area contributed by atoms with Crippen LogP contribution >= 0.6 is 0 Å². The van der Waals surface area contributed by atoms with Crippen LogP contribution in [0.25, 0.3) is 0 Å². The highest BCUT2D eigenvalue weighted by Crippen LogP contribution is 2.35. The minimum Gasteiger partial charge on any atom is -0.264 e. The fourth-order valence-corrected chi connectivity index (χ4v) is 1.71. The number of nitrogens with zero attached hydrogens (tertiary/aromatic N) is 2. The molecule has 0 spiro atoms. The van der Waals surface area contributed by atoms with Crippen molar-refractivity contribution in [3.8, 4) is 0 Å². The molecule has 0 aliphatic rings. The molecular formula is C10H15F3N2. The first kappa shape index (κ1) is 12.1. The molecule has 0 saturated carbocycles. The lowest BCUT2D eigenvalue weighted by Crippen LogP contribution is -2.24. The number of halogens is 3. The smallest absolute Gasteiger partial charge is 0.264 e. The van der Waals surface area contributed by atoms with Crippen LogP contribution < -0.4 is 0 Å². The van der Waals surface area contributed by atoms with E-state index in [1.807, 2.05) is 20.8 Å². The van der Waals surface area contributed by atoms with E-state index in [2.05, 4.69) is 5.10 Å². The van der Waals surface area contributed by atoms with Crippen molar-refractivity contribution >= 4 is 0 Å². The molecule has 0 bridgehead atoms. The molecule has 1 rings (SSSR count). The molecular weight excluding hydrogens is 205 g/mol. The third-order valence-electron chi connectivity index (χ3n) is 2.21. The molecule has 0 radical (unpaired) electrons. The maximum atomic E-state index is 12.7. The molecule has 0 aromatic carbocycles. The van der Waals surface area contributed by atoms with Gasteiger partial charge in [-0.25, -0.2) is 0 Å². The van der Waals surface area contributed by atoms with Crippen LogP contribution in [0.3, 0.4) is 0 Å². The Kier molecular flexibility index (Phi) is 2.62. The highest BCUT2D eigenvalue weighted by atomic mass is 19.4. The lowest BCUT2D eigenvalue weighted by Gasteiger charge is -2.21. The van der Waals surface area contributed by atoms with Gasteiger partial charge in [0.2, 0.25) is 0 Å². The number of hydrogen-bond acceptors (Lipinski definition) is 1. The van der Waals surface area contributed by atoms with Gasteiger partial charge < -0.3 is 0 Å². The van der Waals surface area contributed by atoms with Crippen molar-refractivity contribution in [2.24, 2.45) is 0 Å². The van der Waals surface area contributed by atoms with Crippen LogP contribution in [0, 0.1) is 13.8 Å². The Morgan fingerprint density at radius 2 is 1.53 bits per heavy atom. The van der Waals surface area contributed by atoms with Crippen molar-refractivity contribution in [2.45, 2.75) is 46.3 Å². The molecule has 86 valence electrons. The molecule has 1 heterocycles. The van der Waals surface area contributed by atoms with Crippen LogP contribution in [0.15, 0.2) is 0 Å². The van der Waals surface area contributed by atoms with Gasteiger partial charge in [0.25, 0.3) is 0 Å². The molecule has 1 aromatic rings. The van der Waals surface area contributed by atoms with Crippen LogP contribution in [-0.2, 0) is 11.7 Å². The zero-order valence-electron chi connectivity index (χ0n) is 9.53. The lowest BCUT2D eigenvalue weighted by atomic mass is 10.1. The topological polar surface area (TPSA) is 17.8 Å². The molecule has 0 atom stereocenters. The maximum Gasteiger partial charge on any atom is 0.419 e. The van der Waals surface area contributed by atoms with E-state index in [4.69, 9.17) is 0 Å². The fourth-order valence-electron chi connectivity index (χ4n) is 1.71. The first-order valence-electron chi connectivity index (χ1n) is 4.69. The van der Waals surface area contributed by atoms with Crippen molar-refractivity contribution < 1.29 is 13.2 Å². The monoisotopic (exact) mass is 220 g/mol. The second-order valence-electron chi connectivity index (χ2n) is 4.63. The first-order chi connectivity index (χ1) is 6.55. The van der Waals surface area contributed by atoms with Crippen LogP contribution in [0.1, 0.15) is 37.7 Å². The van der Waals surface area contributed by atoms with E-state index in [-0.39, 0.29) is 11.4 Å². The van der Waals surface area contributed by atoms with Gasteiger partial charge in [-0.05, 0) is 34.6 Å². The highest BCUT2D eigenvalue weighted by Gasteiger charge is 2.38. The maximum absolute atomic E-state index is 12.7. The van der Waals surface area contributed by atoms with Crippen molar-refractivity contribution in [1.82, 2.24) is 9.78 Å². The predicted molar refractivity (Wildman–Crippen MR) is 51.7 cm³/mol. The highest BCUT2D eigenvalue weighted by molar-refractivity contribution is 5.28. The molecule has 5 heteroatoms. The van der Waals surface area contributed by atoms with Gasteiger partial charge in [-0.15, -0.1) is 0 Å². The summed E-state index contributed by atoms with van der Waals surface area (Å²) in [6.45, 7) is 8.32. The van der Waals surface area contributed by atoms with Crippen LogP contribution in [0.5, 0.6) is 0 Å².